The van der Waals surface area contributed by atoms with Crippen LogP contribution in [0.25, 0.3) is 22.4 Å². The number of pyridine rings is 1. The van der Waals surface area contributed by atoms with Crippen LogP contribution in [0.4, 0.5) is 0 Å². The van der Waals surface area contributed by atoms with Crippen LogP contribution in [-0.2, 0) is 4.79 Å². The summed E-state index contributed by atoms with van der Waals surface area (Å²) in [7, 11) is 0. The minimum atomic E-state index is -0.0696. The summed E-state index contributed by atoms with van der Waals surface area (Å²) in [6.07, 6.45) is 3.40. The van der Waals surface area contributed by atoms with Crippen LogP contribution in [0.2, 0.25) is 0 Å². The van der Waals surface area contributed by atoms with Gasteiger partial charge in [0.15, 0.2) is 0 Å². The summed E-state index contributed by atoms with van der Waals surface area (Å²) in [5, 5.41) is 4.70. The van der Waals surface area contributed by atoms with E-state index in [1.807, 2.05) is 42.7 Å². The lowest BCUT2D eigenvalue weighted by atomic mass is 10.0. The van der Waals surface area contributed by atoms with Gasteiger partial charge in [-0.05, 0) is 52.2 Å². The van der Waals surface area contributed by atoms with Gasteiger partial charge >= 0.3 is 0 Å². The van der Waals surface area contributed by atoms with Gasteiger partial charge in [-0.1, -0.05) is 5.16 Å². The van der Waals surface area contributed by atoms with Gasteiger partial charge in [-0.2, -0.15) is 0 Å². The molecule has 5 rings (SSSR count). The molecule has 34 heavy (non-hydrogen) atoms. The van der Waals surface area contributed by atoms with Crippen molar-refractivity contribution in [1.29, 1.82) is 0 Å². The average Bonchev–Trinajstić information content (AvgIpc) is 3.40. The van der Waals surface area contributed by atoms with Crippen LogP contribution in [0.15, 0.2) is 21.1 Å². The summed E-state index contributed by atoms with van der Waals surface area (Å²) in [6.45, 7) is 10.2. The van der Waals surface area contributed by atoms with Crippen molar-refractivity contribution in [3.05, 3.63) is 34.9 Å². The maximum Gasteiger partial charge on any atom is 0.259 e. The van der Waals surface area contributed by atoms with Crippen molar-refractivity contribution in [2.45, 2.75) is 40.0 Å². The van der Waals surface area contributed by atoms with Crippen LogP contribution in [0, 0.1) is 20.8 Å². The molecule has 2 amide bonds. The Labute approximate surface area is 198 Å². The van der Waals surface area contributed by atoms with E-state index in [1.54, 1.807) is 0 Å². The molecule has 9 heteroatoms. The lowest BCUT2D eigenvalue weighted by Crippen LogP contribution is -2.52. The largest absolute Gasteiger partial charge is 0.466 e. The number of rotatable bonds is 4. The molecule has 0 bridgehead atoms. The lowest BCUT2D eigenvalue weighted by molar-refractivity contribution is -0.133. The van der Waals surface area contributed by atoms with E-state index in [-0.39, 0.29) is 11.8 Å². The van der Waals surface area contributed by atoms with Crippen molar-refractivity contribution < 1.29 is 18.5 Å². The Morgan fingerprint density at radius 3 is 2.35 bits per heavy atom. The molecule has 2 saturated heterocycles. The number of likely N-dealkylation sites (tertiary alicyclic amines) is 1. The smallest absolute Gasteiger partial charge is 0.259 e. The first-order valence-corrected chi connectivity index (χ1v) is 12.0. The Hall–Kier alpha value is -3.20. The van der Waals surface area contributed by atoms with Crippen molar-refractivity contribution >= 4 is 22.9 Å². The molecule has 3 aromatic rings. The summed E-state index contributed by atoms with van der Waals surface area (Å²) in [6, 6.07) is 3.73. The number of fused-ring (bicyclic) bond motifs is 1. The molecule has 5 heterocycles. The van der Waals surface area contributed by atoms with E-state index in [0.717, 1.165) is 43.0 Å². The summed E-state index contributed by atoms with van der Waals surface area (Å²) in [5.74, 6) is 1.66. The molecule has 0 saturated carbocycles. The second-order valence-corrected chi connectivity index (χ2v) is 9.34. The van der Waals surface area contributed by atoms with Crippen molar-refractivity contribution in [2.75, 3.05) is 45.8 Å². The number of hydrogen-bond donors (Lipinski definition) is 0. The molecule has 180 valence electrons. The van der Waals surface area contributed by atoms with E-state index < -0.39 is 0 Å². The van der Waals surface area contributed by atoms with E-state index in [9.17, 15) is 9.59 Å². The predicted molar refractivity (Wildman–Crippen MR) is 126 cm³/mol. The van der Waals surface area contributed by atoms with Gasteiger partial charge in [0.05, 0.1) is 28.9 Å². The van der Waals surface area contributed by atoms with Crippen LogP contribution < -0.4 is 0 Å². The van der Waals surface area contributed by atoms with Gasteiger partial charge in [-0.15, -0.1) is 0 Å². The number of hydrogen-bond acceptors (Lipinski definition) is 7. The lowest BCUT2D eigenvalue weighted by Gasteiger charge is -2.36. The quantitative estimate of drug-likeness (QED) is 0.584. The highest BCUT2D eigenvalue weighted by molar-refractivity contribution is 6.07. The SMILES string of the molecule is Cc1cc(-c2cc(C(=O)N3CCN(CC(=O)N4CCCCC4)CC3)c3c(C)noc3n2)c(C)o1. The summed E-state index contributed by atoms with van der Waals surface area (Å²) in [4.78, 5) is 36.8. The zero-order valence-electron chi connectivity index (χ0n) is 20.1. The first-order chi connectivity index (χ1) is 16.4. The third-order valence-corrected chi connectivity index (χ3v) is 6.89. The zero-order chi connectivity index (χ0) is 23.8. The zero-order valence-corrected chi connectivity index (χ0v) is 20.1. The molecule has 0 N–H and O–H groups in total. The van der Waals surface area contributed by atoms with Crippen LogP contribution in [0.1, 0.15) is 46.8 Å². The summed E-state index contributed by atoms with van der Waals surface area (Å²) >= 11 is 0. The number of furan rings is 1. The Kier molecular flexibility index (Phi) is 6.12. The molecule has 2 aliphatic rings. The number of nitrogens with zero attached hydrogens (tertiary/aromatic N) is 5. The van der Waals surface area contributed by atoms with E-state index >= 15 is 0 Å². The van der Waals surface area contributed by atoms with E-state index in [1.165, 1.54) is 6.42 Å². The maximum absolute atomic E-state index is 13.6. The fourth-order valence-corrected chi connectivity index (χ4v) is 5.00. The van der Waals surface area contributed by atoms with Crippen molar-refractivity contribution in [3.63, 3.8) is 0 Å². The highest BCUT2D eigenvalue weighted by Crippen LogP contribution is 2.31. The van der Waals surface area contributed by atoms with Crippen LogP contribution in [-0.4, -0.2) is 82.5 Å². The minimum absolute atomic E-state index is 0.0696. The van der Waals surface area contributed by atoms with Crippen LogP contribution in [0.5, 0.6) is 0 Å². The molecule has 0 unspecified atom stereocenters. The van der Waals surface area contributed by atoms with Gasteiger partial charge in [0, 0.05) is 44.8 Å². The molecule has 9 nitrogen and oxygen atoms in total. The number of aryl methyl sites for hydroxylation is 3. The number of piperidine rings is 1. The van der Waals surface area contributed by atoms with E-state index in [2.05, 4.69) is 15.0 Å². The molecule has 0 spiro atoms. The Balaban J connectivity index is 1.33. The number of aromatic nitrogens is 2. The fourth-order valence-electron chi connectivity index (χ4n) is 5.00. The Morgan fingerprint density at radius 2 is 1.68 bits per heavy atom. The predicted octanol–water partition coefficient (Wildman–Crippen LogP) is 3.18. The van der Waals surface area contributed by atoms with Gasteiger partial charge in [0.1, 0.15) is 11.5 Å². The highest BCUT2D eigenvalue weighted by atomic mass is 16.5. The number of carbonyl (C=O) groups is 2. The number of amides is 2. The molecule has 0 atom stereocenters. The van der Waals surface area contributed by atoms with Gasteiger partial charge in [0.2, 0.25) is 5.91 Å². The molecule has 2 fully saturated rings. The van der Waals surface area contributed by atoms with Crippen molar-refractivity contribution in [1.82, 2.24) is 24.8 Å². The van der Waals surface area contributed by atoms with Gasteiger partial charge < -0.3 is 18.7 Å². The maximum atomic E-state index is 13.6. The molecular formula is C25H31N5O4. The van der Waals surface area contributed by atoms with Crippen molar-refractivity contribution in [3.8, 4) is 11.3 Å². The topological polar surface area (TPSA) is 95.9 Å². The minimum Gasteiger partial charge on any atom is -0.466 e. The first kappa shape index (κ1) is 22.6. The van der Waals surface area contributed by atoms with Crippen molar-refractivity contribution in [2.24, 2.45) is 0 Å². The first-order valence-electron chi connectivity index (χ1n) is 12.0. The Bertz CT molecular complexity index is 1220. The van der Waals surface area contributed by atoms with Gasteiger partial charge in [-0.3, -0.25) is 14.5 Å². The van der Waals surface area contributed by atoms with Crippen LogP contribution >= 0.6 is 0 Å². The second kappa shape index (κ2) is 9.21. The summed E-state index contributed by atoms with van der Waals surface area (Å²) in [5.41, 5.74) is 3.00. The fraction of sp³-hybridized carbons (Fsp3) is 0.520. The number of piperazine rings is 1. The normalized spacial score (nSPS) is 17.5. The highest BCUT2D eigenvalue weighted by Gasteiger charge is 2.28. The number of carbonyl (C=O) groups excluding carboxylic acids is 2. The third kappa shape index (κ3) is 4.32. The summed E-state index contributed by atoms with van der Waals surface area (Å²) < 4.78 is 11.1. The molecule has 0 radical (unpaired) electrons. The Morgan fingerprint density at radius 1 is 0.941 bits per heavy atom. The third-order valence-electron chi connectivity index (χ3n) is 6.89. The second-order valence-electron chi connectivity index (χ2n) is 9.34. The average molecular weight is 466 g/mol. The molecule has 2 aliphatic heterocycles. The monoisotopic (exact) mass is 465 g/mol. The molecule has 0 aromatic carbocycles. The van der Waals surface area contributed by atoms with E-state index in [0.29, 0.717) is 60.8 Å². The van der Waals surface area contributed by atoms with Gasteiger partial charge in [-0.25, -0.2) is 4.98 Å². The standard InChI is InChI=1S/C25H31N5O4/c1-16-13-19(18(3)33-16)21-14-20(23-17(2)27-34-24(23)26-21)25(32)30-11-9-28(10-12-30)15-22(31)29-7-5-4-6-8-29/h13-14H,4-12,15H2,1-3H3. The van der Waals surface area contributed by atoms with Crippen LogP contribution in [0.3, 0.4) is 0 Å². The molecular weight excluding hydrogens is 434 g/mol. The molecule has 3 aromatic heterocycles. The van der Waals surface area contributed by atoms with Gasteiger partial charge in [0.25, 0.3) is 11.6 Å². The van der Waals surface area contributed by atoms with E-state index in [4.69, 9.17) is 8.94 Å². The molecule has 0 aliphatic carbocycles.